The van der Waals surface area contributed by atoms with Crippen LogP contribution in [0.25, 0.3) is 0 Å². The predicted octanol–water partition coefficient (Wildman–Crippen LogP) is 4.93. The zero-order valence-corrected chi connectivity index (χ0v) is 25.6. The molecule has 3 aromatic carbocycles. The van der Waals surface area contributed by atoms with Crippen LogP contribution in [0.15, 0.2) is 72.8 Å². The molecule has 5 rings (SSSR count). The smallest absolute Gasteiger partial charge is 0.422 e. The lowest BCUT2D eigenvalue weighted by atomic mass is 10.1. The van der Waals surface area contributed by atoms with Crippen molar-refractivity contribution in [3.05, 3.63) is 94.8 Å². The molecule has 48 heavy (non-hydrogen) atoms. The Kier molecular flexibility index (Phi) is 10.2. The van der Waals surface area contributed by atoms with Gasteiger partial charge in [-0.2, -0.15) is 28.1 Å². The summed E-state index contributed by atoms with van der Waals surface area (Å²) >= 11 is 6.01. The van der Waals surface area contributed by atoms with Gasteiger partial charge in [-0.15, -0.1) is 0 Å². The lowest BCUT2D eigenvalue weighted by Gasteiger charge is -2.19. The van der Waals surface area contributed by atoms with Gasteiger partial charge in [-0.05, 0) is 73.0 Å². The van der Waals surface area contributed by atoms with Crippen molar-refractivity contribution in [1.82, 2.24) is 25.6 Å². The highest BCUT2D eigenvalue weighted by Crippen LogP contribution is 2.48. The molecule has 1 saturated carbocycles. The molecule has 0 aliphatic heterocycles. The number of rotatable bonds is 12. The molecule has 4 aromatic rings. The molecule has 1 heterocycles. The standard InChI is InChI=1S/C31H27ClF4N8O4/c32-20-8-6-19(7-9-20)30(12-13-30)44-28-41-27(42-29(43-28)48-17-31(34,35)36)40-22-10-4-18(5-11-22)24(45)37-14-15-38-25(46)26(47)39-23-3-1-2-21(33)16-23/h1-11,16H,12-15,17H2,(H,37,45)(H,38,46)(H,39,47)(H2,40,41,42,43,44). The van der Waals surface area contributed by atoms with Gasteiger partial charge in [0.1, 0.15) is 5.82 Å². The number of aromatic nitrogens is 3. The molecule has 3 amide bonds. The number of hydrogen-bond donors (Lipinski definition) is 5. The summed E-state index contributed by atoms with van der Waals surface area (Å²) in [5.74, 6) is -3.13. The summed E-state index contributed by atoms with van der Waals surface area (Å²) in [6, 6.07) is 17.7. The van der Waals surface area contributed by atoms with E-state index in [4.69, 9.17) is 16.3 Å². The van der Waals surface area contributed by atoms with Gasteiger partial charge in [0.15, 0.2) is 6.61 Å². The Morgan fingerprint density at radius 1 is 0.833 bits per heavy atom. The Balaban J connectivity index is 1.16. The zero-order chi connectivity index (χ0) is 34.3. The first-order valence-corrected chi connectivity index (χ1v) is 14.8. The molecular weight excluding hydrogens is 660 g/mol. The van der Waals surface area contributed by atoms with E-state index in [9.17, 15) is 31.9 Å². The van der Waals surface area contributed by atoms with Gasteiger partial charge < -0.3 is 31.3 Å². The molecule has 250 valence electrons. The lowest BCUT2D eigenvalue weighted by molar-refractivity contribution is -0.154. The van der Waals surface area contributed by atoms with Crippen LogP contribution in [0.4, 0.5) is 40.8 Å². The summed E-state index contributed by atoms with van der Waals surface area (Å²) in [5, 5.41) is 13.8. The molecule has 1 fully saturated rings. The maximum Gasteiger partial charge on any atom is 0.422 e. The lowest BCUT2D eigenvalue weighted by Crippen LogP contribution is -2.40. The molecule has 0 unspecified atom stereocenters. The first-order valence-electron chi connectivity index (χ1n) is 14.4. The quantitative estimate of drug-likeness (QED) is 0.0791. The van der Waals surface area contributed by atoms with Gasteiger partial charge in [0.25, 0.3) is 5.91 Å². The molecule has 17 heteroatoms. The monoisotopic (exact) mass is 686 g/mol. The van der Waals surface area contributed by atoms with Crippen molar-refractivity contribution in [2.45, 2.75) is 24.6 Å². The Labute approximate surface area is 275 Å². The number of carbonyl (C=O) groups excluding carboxylic acids is 3. The minimum absolute atomic E-state index is 0.00331. The molecule has 1 aliphatic rings. The topological polar surface area (TPSA) is 159 Å². The van der Waals surface area contributed by atoms with Crippen LogP contribution in [0.3, 0.4) is 0 Å². The van der Waals surface area contributed by atoms with Gasteiger partial charge in [-0.3, -0.25) is 14.4 Å². The van der Waals surface area contributed by atoms with E-state index in [1.165, 1.54) is 42.5 Å². The van der Waals surface area contributed by atoms with Crippen LogP contribution >= 0.6 is 11.6 Å². The molecule has 1 aliphatic carbocycles. The Morgan fingerprint density at radius 3 is 2.19 bits per heavy atom. The van der Waals surface area contributed by atoms with Crippen molar-refractivity contribution in [2.24, 2.45) is 0 Å². The van der Waals surface area contributed by atoms with E-state index >= 15 is 0 Å². The molecule has 0 radical (unpaired) electrons. The van der Waals surface area contributed by atoms with Crippen LogP contribution in [0.5, 0.6) is 6.01 Å². The minimum atomic E-state index is -4.62. The van der Waals surface area contributed by atoms with Crippen molar-refractivity contribution in [3.63, 3.8) is 0 Å². The van der Waals surface area contributed by atoms with Crippen LogP contribution in [0.1, 0.15) is 28.8 Å². The van der Waals surface area contributed by atoms with Crippen molar-refractivity contribution >= 4 is 52.6 Å². The fourth-order valence-electron chi connectivity index (χ4n) is 4.40. The van der Waals surface area contributed by atoms with Crippen LogP contribution in [-0.4, -0.2) is 58.5 Å². The molecule has 0 spiro atoms. The molecule has 0 bridgehead atoms. The number of anilines is 4. The summed E-state index contributed by atoms with van der Waals surface area (Å²) in [5.41, 5.74) is 1.15. The second-order valence-electron chi connectivity index (χ2n) is 10.6. The first-order chi connectivity index (χ1) is 22.9. The van der Waals surface area contributed by atoms with E-state index in [-0.39, 0.29) is 36.2 Å². The zero-order valence-electron chi connectivity index (χ0n) is 24.8. The largest absolute Gasteiger partial charge is 0.454 e. The third-order valence-electron chi connectivity index (χ3n) is 6.87. The highest BCUT2D eigenvalue weighted by Gasteiger charge is 2.45. The van der Waals surface area contributed by atoms with Crippen molar-refractivity contribution in [1.29, 1.82) is 0 Å². The number of nitrogens with one attached hydrogen (secondary N) is 5. The first kappa shape index (κ1) is 33.8. The van der Waals surface area contributed by atoms with Gasteiger partial charge in [-0.1, -0.05) is 29.8 Å². The van der Waals surface area contributed by atoms with Crippen molar-refractivity contribution in [2.75, 3.05) is 35.6 Å². The van der Waals surface area contributed by atoms with Gasteiger partial charge >= 0.3 is 24.0 Å². The highest BCUT2D eigenvalue weighted by atomic mass is 35.5. The summed E-state index contributed by atoms with van der Waals surface area (Å²) in [4.78, 5) is 48.8. The van der Waals surface area contributed by atoms with Gasteiger partial charge in [0.2, 0.25) is 11.9 Å². The summed E-state index contributed by atoms with van der Waals surface area (Å²) in [6.45, 7) is -1.67. The van der Waals surface area contributed by atoms with Crippen molar-refractivity contribution in [3.8, 4) is 6.01 Å². The Morgan fingerprint density at radius 2 is 1.52 bits per heavy atom. The maximum absolute atomic E-state index is 13.3. The molecule has 0 atom stereocenters. The minimum Gasteiger partial charge on any atom is -0.454 e. The number of carbonyl (C=O) groups is 3. The molecular formula is C31H27ClF4N8O4. The second-order valence-corrected chi connectivity index (χ2v) is 11.0. The van der Waals surface area contributed by atoms with Crippen LogP contribution in [0, 0.1) is 5.82 Å². The Bertz CT molecular complexity index is 1790. The number of hydrogen-bond acceptors (Lipinski definition) is 9. The fraction of sp³-hybridized carbons (Fsp3) is 0.226. The van der Waals surface area contributed by atoms with Gasteiger partial charge in [0.05, 0.1) is 5.54 Å². The number of ether oxygens (including phenoxy) is 1. The SMILES string of the molecule is O=C(NCCNC(=O)c1ccc(Nc2nc(NC3(c4ccc(Cl)cc4)CC3)nc(OCC(F)(F)F)n2)cc1)C(=O)Nc1cccc(F)c1. The van der Waals surface area contributed by atoms with E-state index in [1.807, 2.05) is 12.1 Å². The Hall–Kier alpha value is -5.51. The third-order valence-corrected chi connectivity index (χ3v) is 7.12. The van der Waals surface area contributed by atoms with E-state index in [2.05, 4.69) is 41.5 Å². The molecule has 1 aromatic heterocycles. The highest BCUT2D eigenvalue weighted by molar-refractivity contribution is 6.39. The third kappa shape index (κ3) is 9.51. The number of benzene rings is 3. The molecule has 5 N–H and O–H groups in total. The number of alkyl halides is 3. The second kappa shape index (κ2) is 14.5. The number of amides is 3. The normalized spacial score (nSPS) is 13.2. The predicted molar refractivity (Wildman–Crippen MR) is 167 cm³/mol. The summed E-state index contributed by atoms with van der Waals surface area (Å²) in [7, 11) is 0. The average molecular weight is 687 g/mol. The van der Waals surface area contributed by atoms with E-state index in [0.717, 1.165) is 24.5 Å². The van der Waals surface area contributed by atoms with Crippen LogP contribution < -0.4 is 31.3 Å². The van der Waals surface area contributed by atoms with E-state index in [1.54, 1.807) is 12.1 Å². The fourth-order valence-corrected chi connectivity index (χ4v) is 4.52. The summed E-state index contributed by atoms with van der Waals surface area (Å²) < 4.78 is 56.6. The van der Waals surface area contributed by atoms with Crippen LogP contribution in [0.2, 0.25) is 5.02 Å². The maximum atomic E-state index is 13.3. The molecule has 0 saturated heterocycles. The van der Waals surface area contributed by atoms with Crippen molar-refractivity contribution < 1.29 is 36.7 Å². The number of nitrogens with zero attached hydrogens (tertiary/aromatic N) is 3. The van der Waals surface area contributed by atoms with Gasteiger partial charge in [0, 0.05) is 35.1 Å². The van der Waals surface area contributed by atoms with E-state index < -0.39 is 47.9 Å². The van der Waals surface area contributed by atoms with Crippen LogP contribution in [-0.2, 0) is 15.1 Å². The number of halogens is 5. The van der Waals surface area contributed by atoms with Gasteiger partial charge in [-0.25, -0.2) is 4.39 Å². The van der Waals surface area contributed by atoms with E-state index in [0.29, 0.717) is 10.7 Å². The average Bonchev–Trinajstić information content (AvgIpc) is 3.82. The molecule has 12 nitrogen and oxygen atoms in total. The summed E-state index contributed by atoms with van der Waals surface area (Å²) in [6.07, 6.45) is -3.16.